The maximum atomic E-state index is 12.1. The summed E-state index contributed by atoms with van der Waals surface area (Å²) in [7, 11) is 0. The van der Waals surface area contributed by atoms with E-state index in [9.17, 15) is 9.59 Å². The molecular formula is C11H15ClN4O3. The van der Waals surface area contributed by atoms with Crippen LogP contribution in [0.3, 0.4) is 0 Å². The van der Waals surface area contributed by atoms with Crippen LogP contribution >= 0.6 is 11.6 Å². The van der Waals surface area contributed by atoms with Gasteiger partial charge in [-0.3, -0.25) is 14.3 Å². The molecule has 0 spiro atoms. The molecule has 0 bridgehead atoms. The predicted molar refractivity (Wildman–Crippen MR) is 67.4 cm³/mol. The van der Waals surface area contributed by atoms with E-state index < -0.39 is 11.5 Å². The van der Waals surface area contributed by atoms with Gasteiger partial charge in [-0.05, 0) is 6.92 Å². The lowest BCUT2D eigenvalue weighted by Gasteiger charge is -2.38. The minimum atomic E-state index is -1.13. The minimum absolute atomic E-state index is 0.0710. The average Bonchev–Trinajstić information content (AvgIpc) is 2.74. The lowest BCUT2D eigenvalue weighted by Crippen LogP contribution is -2.58. The highest BCUT2D eigenvalue weighted by Crippen LogP contribution is 2.17. The average molecular weight is 287 g/mol. The zero-order chi connectivity index (χ0) is 14.0. The van der Waals surface area contributed by atoms with E-state index in [4.69, 9.17) is 22.1 Å². The Balaban J connectivity index is 2.01. The zero-order valence-electron chi connectivity index (χ0n) is 10.5. The highest BCUT2D eigenvalue weighted by atomic mass is 35.5. The topological polar surface area (TPSA) is 90.5 Å². The number of carbonyl (C=O) groups excluding carboxylic acids is 2. The summed E-state index contributed by atoms with van der Waals surface area (Å²) in [6.45, 7) is 2.51. The Hall–Kier alpha value is -1.60. The van der Waals surface area contributed by atoms with Crippen LogP contribution in [0.4, 0.5) is 0 Å². The van der Waals surface area contributed by atoms with E-state index in [1.165, 1.54) is 10.9 Å². The Labute approximate surface area is 115 Å². The van der Waals surface area contributed by atoms with Crippen LogP contribution in [0.5, 0.6) is 0 Å². The van der Waals surface area contributed by atoms with E-state index in [0.29, 0.717) is 11.6 Å². The van der Waals surface area contributed by atoms with E-state index in [0.717, 1.165) is 0 Å². The molecule has 0 radical (unpaired) electrons. The Morgan fingerprint density at radius 3 is 2.95 bits per heavy atom. The predicted octanol–water partition coefficient (Wildman–Crippen LogP) is -0.361. The summed E-state index contributed by atoms with van der Waals surface area (Å²) in [5, 5.41) is 4.41. The molecule has 1 aromatic rings. The number of ether oxygens (including phenoxy) is 1. The van der Waals surface area contributed by atoms with Crippen LogP contribution < -0.4 is 5.73 Å². The summed E-state index contributed by atoms with van der Waals surface area (Å²) in [5.74, 6) is -0.734. The maximum Gasteiger partial charge on any atom is 0.251 e. The van der Waals surface area contributed by atoms with Crippen molar-refractivity contribution in [2.75, 3.05) is 19.7 Å². The number of rotatable bonds is 3. The second-order valence-electron chi connectivity index (χ2n) is 4.61. The van der Waals surface area contributed by atoms with Crippen molar-refractivity contribution in [2.24, 2.45) is 5.73 Å². The first-order valence-corrected chi connectivity index (χ1v) is 6.18. The molecule has 19 heavy (non-hydrogen) atoms. The molecule has 0 aliphatic carbocycles. The number of aromatic nitrogens is 2. The monoisotopic (exact) mass is 286 g/mol. The van der Waals surface area contributed by atoms with Crippen molar-refractivity contribution in [3.8, 4) is 0 Å². The number of morpholine rings is 1. The fourth-order valence-corrected chi connectivity index (χ4v) is 2.05. The quantitative estimate of drug-likeness (QED) is 0.821. The minimum Gasteiger partial charge on any atom is -0.367 e. The van der Waals surface area contributed by atoms with Gasteiger partial charge in [0.2, 0.25) is 5.91 Å². The van der Waals surface area contributed by atoms with E-state index in [1.807, 2.05) is 0 Å². The Kier molecular flexibility index (Phi) is 3.77. The number of hydrogen-bond acceptors (Lipinski definition) is 4. The van der Waals surface area contributed by atoms with Gasteiger partial charge in [0, 0.05) is 12.7 Å². The second kappa shape index (κ2) is 5.18. The summed E-state index contributed by atoms with van der Waals surface area (Å²) in [6, 6.07) is 0. The van der Waals surface area contributed by atoms with Crippen molar-refractivity contribution in [2.45, 2.75) is 19.1 Å². The van der Waals surface area contributed by atoms with Crippen LogP contribution in [-0.2, 0) is 20.9 Å². The van der Waals surface area contributed by atoms with Crippen molar-refractivity contribution in [1.29, 1.82) is 0 Å². The summed E-state index contributed by atoms with van der Waals surface area (Å²) in [5.41, 5.74) is 4.15. The molecule has 7 nitrogen and oxygen atoms in total. The number of primary amides is 1. The third-order valence-electron chi connectivity index (χ3n) is 3.05. The van der Waals surface area contributed by atoms with Gasteiger partial charge < -0.3 is 15.4 Å². The third-order valence-corrected chi connectivity index (χ3v) is 3.24. The first-order valence-electron chi connectivity index (χ1n) is 5.80. The van der Waals surface area contributed by atoms with Gasteiger partial charge in [-0.1, -0.05) is 11.6 Å². The number of halogens is 1. The van der Waals surface area contributed by atoms with Gasteiger partial charge >= 0.3 is 0 Å². The Morgan fingerprint density at radius 2 is 2.37 bits per heavy atom. The normalized spacial score (nSPS) is 23.4. The Bertz CT molecular complexity index is 504. The number of nitrogens with two attached hydrogens (primary N) is 1. The van der Waals surface area contributed by atoms with Crippen molar-refractivity contribution in [3.05, 3.63) is 17.4 Å². The molecule has 2 heterocycles. The lowest BCUT2D eigenvalue weighted by molar-refractivity contribution is -0.160. The van der Waals surface area contributed by atoms with Crippen molar-refractivity contribution >= 4 is 23.4 Å². The maximum absolute atomic E-state index is 12.1. The van der Waals surface area contributed by atoms with Crippen LogP contribution in [0, 0.1) is 0 Å². The highest BCUT2D eigenvalue weighted by Gasteiger charge is 2.39. The van der Waals surface area contributed by atoms with Crippen LogP contribution in [-0.4, -0.2) is 51.8 Å². The van der Waals surface area contributed by atoms with Crippen LogP contribution in [0.15, 0.2) is 12.4 Å². The van der Waals surface area contributed by atoms with Gasteiger partial charge in [0.25, 0.3) is 5.91 Å². The molecule has 0 saturated carbocycles. The SMILES string of the molecule is C[C@@]1(C(N)=O)CN(C(=O)Cn2cc(Cl)cn2)CCO1. The molecule has 2 rings (SSSR count). The van der Waals surface area contributed by atoms with Gasteiger partial charge in [0.05, 0.1) is 24.4 Å². The van der Waals surface area contributed by atoms with Crippen molar-refractivity contribution < 1.29 is 14.3 Å². The molecule has 104 valence electrons. The molecule has 1 fully saturated rings. The van der Waals surface area contributed by atoms with E-state index in [2.05, 4.69) is 5.10 Å². The fraction of sp³-hybridized carbons (Fsp3) is 0.545. The van der Waals surface area contributed by atoms with E-state index in [1.54, 1.807) is 18.0 Å². The number of nitrogens with zero attached hydrogens (tertiary/aromatic N) is 3. The molecule has 1 atom stereocenters. The van der Waals surface area contributed by atoms with E-state index in [-0.39, 0.29) is 25.6 Å². The molecule has 1 saturated heterocycles. The fourth-order valence-electron chi connectivity index (χ4n) is 1.90. The molecule has 1 aliphatic heterocycles. The van der Waals surface area contributed by atoms with Crippen LogP contribution in [0.25, 0.3) is 0 Å². The van der Waals surface area contributed by atoms with E-state index >= 15 is 0 Å². The second-order valence-corrected chi connectivity index (χ2v) is 5.05. The van der Waals surface area contributed by atoms with Crippen LogP contribution in [0.2, 0.25) is 5.02 Å². The number of carbonyl (C=O) groups is 2. The summed E-state index contributed by atoms with van der Waals surface area (Å²) < 4.78 is 6.80. The molecule has 2 N–H and O–H groups in total. The molecule has 0 unspecified atom stereocenters. The van der Waals surface area contributed by atoms with Crippen molar-refractivity contribution in [1.82, 2.24) is 14.7 Å². The Morgan fingerprint density at radius 1 is 1.63 bits per heavy atom. The smallest absolute Gasteiger partial charge is 0.251 e. The molecule has 8 heteroatoms. The van der Waals surface area contributed by atoms with Gasteiger partial charge in [0.1, 0.15) is 6.54 Å². The largest absolute Gasteiger partial charge is 0.367 e. The first-order chi connectivity index (χ1) is 8.90. The number of amides is 2. The molecule has 1 aromatic heterocycles. The van der Waals surface area contributed by atoms with Gasteiger partial charge in [-0.2, -0.15) is 5.10 Å². The summed E-state index contributed by atoms with van der Waals surface area (Å²) >= 11 is 5.73. The molecule has 2 amide bonds. The standard InChI is InChI=1S/C11H15ClN4O3/c1-11(10(13)18)7-15(2-3-19-11)9(17)6-16-5-8(12)4-14-16/h4-5H,2-3,6-7H2,1H3,(H2,13,18)/t11-/m0/s1. The first kappa shape index (κ1) is 13.8. The summed E-state index contributed by atoms with van der Waals surface area (Å²) in [4.78, 5) is 25.0. The van der Waals surface area contributed by atoms with Crippen LogP contribution in [0.1, 0.15) is 6.92 Å². The molecule has 0 aromatic carbocycles. The lowest BCUT2D eigenvalue weighted by atomic mass is 10.0. The summed E-state index contributed by atoms with van der Waals surface area (Å²) in [6.07, 6.45) is 3.02. The number of hydrogen-bond donors (Lipinski definition) is 1. The van der Waals surface area contributed by atoms with Crippen molar-refractivity contribution in [3.63, 3.8) is 0 Å². The van der Waals surface area contributed by atoms with Gasteiger partial charge in [-0.25, -0.2) is 0 Å². The zero-order valence-corrected chi connectivity index (χ0v) is 11.3. The van der Waals surface area contributed by atoms with Gasteiger partial charge in [-0.15, -0.1) is 0 Å². The molecular weight excluding hydrogens is 272 g/mol. The molecule has 1 aliphatic rings. The van der Waals surface area contributed by atoms with Gasteiger partial charge in [0.15, 0.2) is 5.60 Å². The third kappa shape index (κ3) is 3.05. The highest BCUT2D eigenvalue weighted by molar-refractivity contribution is 6.30.